The standard InChI is InChI=1S/C21H28N6O7S/c28-15-13(7-33-21(35)26-12-3-1-2-11(12)20(30)31)34-19(16(15)29)27-9-24-14-17(22-8-23-18(14)27)25-10-4-5-32-6-10/h8-13,15-16,19,28-29H,1-7H2,(H,26,35)(H,30,31)(H,22,23,25)/t10?,11?,12?,13-,15-,16-,19-/m1/s1. The number of imidazole rings is 1. The van der Waals surface area contributed by atoms with Gasteiger partial charge in [0.25, 0.3) is 5.17 Å². The molecule has 3 unspecified atom stereocenters. The van der Waals surface area contributed by atoms with Gasteiger partial charge in [0.1, 0.15) is 31.2 Å². The van der Waals surface area contributed by atoms with Gasteiger partial charge in [0.15, 0.2) is 23.2 Å². The van der Waals surface area contributed by atoms with E-state index in [4.69, 9.17) is 26.4 Å². The average Bonchev–Trinajstić information content (AvgIpc) is 3.62. The van der Waals surface area contributed by atoms with Gasteiger partial charge in [-0.15, -0.1) is 0 Å². The number of aliphatic hydroxyl groups is 2. The van der Waals surface area contributed by atoms with Crippen LogP contribution in [0, 0.1) is 5.92 Å². The van der Waals surface area contributed by atoms with E-state index in [1.54, 1.807) is 4.57 Å². The summed E-state index contributed by atoms with van der Waals surface area (Å²) in [5.41, 5.74) is 0.955. The summed E-state index contributed by atoms with van der Waals surface area (Å²) in [6, 6.07) is -0.175. The van der Waals surface area contributed by atoms with Gasteiger partial charge < -0.3 is 40.2 Å². The molecule has 35 heavy (non-hydrogen) atoms. The molecule has 2 aliphatic heterocycles. The van der Waals surface area contributed by atoms with Gasteiger partial charge in [-0.3, -0.25) is 9.36 Å². The van der Waals surface area contributed by atoms with E-state index in [1.165, 1.54) is 12.7 Å². The maximum absolute atomic E-state index is 11.4. The molecule has 14 heteroatoms. The Morgan fingerprint density at radius 1 is 1.23 bits per heavy atom. The molecule has 13 nitrogen and oxygen atoms in total. The van der Waals surface area contributed by atoms with E-state index in [2.05, 4.69) is 25.6 Å². The maximum Gasteiger partial charge on any atom is 0.308 e. The molecule has 7 atom stereocenters. The summed E-state index contributed by atoms with van der Waals surface area (Å²) in [7, 11) is 0. The lowest BCUT2D eigenvalue weighted by atomic mass is 10.0. The molecular weight excluding hydrogens is 480 g/mol. The van der Waals surface area contributed by atoms with Crippen molar-refractivity contribution in [2.24, 2.45) is 5.92 Å². The molecule has 0 aromatic carbocycles. The molecule has 0 amide bonds. The Labute approximate surface area is 205 Å². The summed E-state index contributed by atoms with van der Waals surface area (Å²) in [6.45, 7) is 1.14. The first-order valence-corrected chi connectivity index (χ1v) is 12.0. The summed E-state index contributed by atoms with van der Waals surface area (Å²) in [4.78, 5) is 24.3. The number of fused-ring (bicyclic) bond motifs is 1. The lowest BCUT2D eigenvalue weighted by Crippen LogP contribution is -2.42. The molecule has 3 fully saturated rings. The lowest BCUT2D eigenvalue weighted by Gasteiger charge is -2.21. The fourth-order valence-electron chi connectivity index (χ4n) is 4.86. The van der Waals surface area contributed by atoms with E-state index < -0.39 is 36.4 Å². The Morgan fingerprint density at radius 2 is 2.09 bits per heavy atom. The van der Waals surface area contributed by atoms with Crippen LogP contribution >= 0.6 is 12.2 Å². The molecule has 2 saturated heterocycles. The normalized spacial score (nSPS) is 32.7. The predicted octanol–water partition coefficient (Wildman–Crippen LogP) is -0.209. The van der Waals surface area contributed by atoms with Crippen LogP contribution in [-0.2, 0) is 19.0 Å². The largest absolute Gasteiger partial charge is 0.481 e. The number of carbonyl (C=O) groups is 1. The second-order valence-electron chi connectivity index (χ2n) is 9.02. The van der Waals surface area contributed by atoms with Crippen LogP contribution in [0.4, 0.5) is 5.82 Å². The molecule has 190 valence electrons. The van der Waals surface area contributed by atoms with Crippen LogP contribution in [0.5, 0.6) is 0 Å². The fourth-order valence-corrected chi connectivity index (χ4v) is 5.08. The lowest BCUT2D eigenvalue weighted by molar-refractivity contribution is -0.142. The molecule has 4 heterocycles. The van der Waals surface area contributed by atoms with E-state index in [-0.39, 0.29) is 23.9 Å². The van der Waals surface area contributed by atoms with Gasteiger partial charge in [-0.05, 0) is 31.5 Å². The number of carboxylic acids is 1. The van der Waals surface area contributed by atoms with Crippen molar-refractivity contribution in [3.8, 4) is 0 Å². The number of hydrogen-bond acceptors (Lipinski definition) is 11. The molecular formula is C21H28N6O7S. The third kappa shape index (κ3) is 4.89. The van der Waals surface area contributed by atoms with Crippen LogP contribution in [0.25, 0.3) is 11.2 Å². The monoisotopic (exact) mass is 508 g/mol. The number of nitrogens with one attached hydrogen (secondary N) is 2. The second kappa shape index (κ2) is 10.1. The van der Waals surface area contributed by atoms with E-state index in [0.717, 1.165) is 12.8 Å². The smallest absolute Gasteiger partial charge is 0.308 e. The molecule has 3 aliphatic rings. The zero-order chi connectivity index (χ0) is 24.5. The van der Waals surface area contributed by atoms with Crippen molar-refractivity contribution in [2.75, 3.05) is 25.1 Å². The molecule has 0 radical (unpaired) electrons. The minimum absolute atomic E-state index is 0.0318. The van der Waals surface area contributed by atoms with Gasteiger partial charge >= 0.3 is 5.97 Å². The molecule has 5 rings (SSSR count). The number of anilines is 1. The third-order valence-electron chi connectivity index (χ3n) is 6.76. The van der Waals surface area contributed by atoms with Gasteiger partial charge in [0, 0.05) is 12.6 Å². The number of aliphatic carboxylic acids is 1. The number of rotatable bonds is 7. The molecule has 2 aromatic rings. The van der Waals surface area contributed by atoms with Crippen molar-refractivity contribution in [1.82, 2.24) is 24.8 Å². The van der Waals surface area contributed by atoms with Crippen LogP contribution < -0.4 is 10.6 Å². The van der Waals surface area contributed by atoms with Crippen LogP contribution in [0.15, 0.2) is 12.7 Å². The average molecular weight is 509 g/mol. The molecule has 0 spiro atoms. The van der Waals surface area contributed by atoms with Crippen molar-refractivity contribution in [1.29, 1.82) is 0 Å². The van der Waals surface area contributed by atoms with Gasteiger partial charge in [-0.25, -0.2) is 15.0 Å². The van der Waals surface area contributed by atoms with Crippen LogP contribution in [-0.4, -0.2) is 96.2 Å². The number of thiocarbonyl (C=S) groups is 1. The third-order valence-corrected chi connectivity index (χ3v) is 6.99. The van der Waals surface area contributed by atoms with Crippen molar-refractivity contribution < 1.29 is 34.3 Å². The minimum Gasteiger partial charge on any atom is -0.481 e. The highest BCUT2D eigenvalue weighted by Gasteiger charge is 2.45. The second-order valence-corrected chi connectivity index (χ2v) is 9.39. The summed E-state index contributed by atoms with van der Waals surface area (Å²) in [5, 5.41) is 36.8. The summed E-state index contributed by atoms with van der Waals surface area (Å²) < 4.78 is 18.4. The molecule has 1 saturated carbocycles. The number of nitrogens with zero attached hydrogens (tertiary/aromatic N) is 4. The zero-order valence-corrected chi connectivity index (χ0v) is 19.6. The summed E-state index contributed by atoms with van der Waals surface area (Å²) in [6.07, 6.45) is 1.48. The van der Waals surface area contributed by atoms with Gasteiger partial charge in [0.2, 0.25) is 0 Å². The maximum atomic E-state index is 11.4. The Bertz CT molecular complexity index is 1080. The molecule has 5 N–H and O–H groups in total. The fraction of sp³-hybridized carbons (Fsp3) is 0.667. The van der Waals surface area contributed by atoms with Crippen LogP contribution in [0.1, 0.15) is 31.9 Å². The van der Waals surface area contributed by atoms with Crippen molar-refractivity contribution in [3.63, 3.8) is 0 Å². The Hall–Kier alpha value is -2.65. The summed E-state index contributed by atoms with van der Waals surface area (Å²) in [5.74, 6) is -0.831. The highest BCUT2D eigenvalue weighted by atomic mass is 32.1. The first kappa shape index (κ1) is 24.1. The van der Waals surface area contributed by atoms with Gasteiger partial charge in [-0.2, -0.15) is 0 Å². The summed E-state index contributed by atoms with van der Waals surface area (Å²) >= 11 is 5.20. The van der Waals surface area contributed by atoms with Gasteiger partial charge in [0.05, 0.1) is 24.9 Å². The quantitative estimate of drug-likeness (QED) is 0.311. The Kier molecular flexibility index (Phi) is 6.98. The van der Waals surface area contributed by atoms with Crippen LogP contribution in [0.3, 0.4) is 0 Å². The van der Waals surface area contributed by atoms with E-state index >= 15 is 0 Å². The number of carboxylic acid groups (broad SMARTS) is 1. The van der Waals surface area contributed by atoms with Crippen molar-refractivity contribution in [2.45, 2.75) is 62.3 Å². The predicted molar refractivity (Wildman–Crippen MR) is 125 cm³/mol. The zero-order valence-electron chi connectivity index (χ0n) is 18.8. The number of aliphatic hydroxyl groups excluding tert-OH is 2. The van der Waals surface area contributed by atoms with Crippen LogP contribution in [0.2, 0.25) is 0 Å². The number of ether oxygens (including phenoxy) is 3. The highest BCUT2D eigenvalue weighted by Crippen LogP contribution is 2.33. The minimum atomic E-state index is -1.26. The molecule has 0 bridgehead atoms. The SMILES string of the molecule is O=C(O)C1CCCC1NC(=S)OC[C@H]1O[C@@H](n2cnc3c(NC4CCOC4)ncnc32)[C@H](O)[C@@H]1O. The van der Waals surface area contributed by atoms with Crippen molar-refractivity contribution >= 4 is 40.3 Å². The van der Waals surface area contributed by atoms with E-state index in [1.807, 2.05) is 0 Å². The number of aromatic nitrogens is 4. The molecule has 2 aromatic heterocycles. The molecule has 1 aliphatic carbocycles. The Balaban J connectivity index is 1.23. The first-order chi connectivity index (χ1) is 16.9. The number of hydrogen-bond donors (Lipinski definition) is 5. The first-order valence-electron chi connectivity index (χ1n) is 11.6. The topological polar surface area (TPSA) is 173 Å². The van der Waals surface area contributed by atoms with Gasteiger partial charge in [-0.1, -0.05) is 6.42 Å². The Morgan fingerprint density at radius 3 is 2.86 bits per heavy atom. The van der Waals surface area contributed by atoms with E-state index in [0.29, 0.717) is 43.0 Å². The van der Waals surface area contributed by atoms with Crippen molar-refractivity contribution in [3.05, 3.63) is 12.7 Å². The van der Waals surface area contributed by atoms with E-state index in [9.17, 15) is 20.1 Å². The highest BCUT2D eigenvalue weighted by molar-refractivity contribution is 7.80.